The number of nitrogens with one attached hydrogen (secondary N) is 2. The zero-order chi connectivity index (χ0) is 20.9. The first-order chi connectivity index (χ1) is 14.7. The highest BCUT2D eigenvalue weighted by Gasteiger charge is 2.15. The molecule has 154 valence electrons. The largest absolute Gasteiger partial charge is 0.493 e. The van der Waals surface area contributed by atoms with Crippen molar-refractivity contribution in [3.8, 4) is 28.4 Å². The van der Waals surface area contributed by atoms with E-state index in [0.717, 1.165) is 46.5 Å². The van der Waals surface area contributed by atoms with E-state index in [4.69, 9.17) is 14.2 Å². The first-order valence-electron chi connectivity index (χ1n) is 9.49. The van der Waals surface area contributed by atoms with E-state index >= 15 is 0 Å². The molecule has 0 aliphatic carbocycles. The van der Waals surface area contributed by atoms with Crippen molar-refractivity contribution in [1.29, 1.82) is 0 Å². The lowest BCUT2D eigenvalue weighted by atomic mass is 10.0. The Morgan fingerprint density at radius 3 is 2.40 bits per heavy atom. The van der Waals surface area contributed by atoms with Crippen molar-refractivity contribution in [3.63, 3.8) is 0 Å². The highest BCUT2D eigenvalue weighted by Crippen LogP contribution is 2.41. The number of hydrogen-bond donors (Lipinski definition) is 2. The topological polar surface area (TPSA) is 94.2 Å². The number of nitrogens with zero attached hydrogens (tertiary/aromatic N) is 3. The molecule has 8 nitrogen and oxygen atoms in total. The molecule has 0 fully saturated rings. The van der Waals surface area contributed by atoms with Crippen LogP contribution in [0.3, 0.4) is 0 Å². The van der Waals surface area contributed by atoms with E-state index in [9.17, 15) is 0 Å². The van der Waals surface area contributed by atoms with Crippen LogP contribution >= 0.6 is 0 Å². The minimum Gasteiger partial charge on any atom is -0.493 e. The Morgan fingerprint density at radius 1 is 0.933 bits per heavy atom. The molecule has 2 aromatic heterocycles. The lowest BCUT2D eigenvalue weighted by molar-refractivity contribution is 0.324. The van der Waals surface area contributed by atoms with E-state index in [1.165, 1.54) is 0 Å². The van der Waals surface area contributed by atoms with E-state index in [2.05, 4.69) is 31.3 Å². The Morgan fingerprint density at radius 2 is 1.73 bits per heavy atom. The van der Waals surface area contributed by atoms with Crippen LogP contribution in [-0.2, 0) is 6.42 Å². The Hall–Kier alpha value is -3.81. The maximum Gasteiger partial charge on any atom is 0.203 e. The van der Waals surface area contributed by atoms with Gasteiger partial charge in [-0.2, -0.15) is 0 Å². The Labute approximate surface area is 174 Å². The molecule has 8 heteroatoms. The first-order valence-corrected chi connectivity index (χ1v) is 9.49. The maximum atomic E-state index is 5.49. The molecule has 0 bridgehead atoms. The van der Waals surface area contributed by atoms with Crippen LogP contribution < -0.4 is 19.5 Å². The quantitative estimate of drug-likeness (QED) is 0.462. The fourth-order valence-corrected chi connectivity index (χ4v) is 3.36. The summed E-state index contributed by atoms with van der Waals surface area (Å²) < 4.78 is 16.4. The monoisotopic (exact) mass is 405 g/mol. The summed E-state index contributed by atoms with van der Waals surface area (Å²) in [5.74, 6) is 2.56. The maximum absolute atomic E-state index is 5.49. The van der Waals surface area contributed by atoms with Gasteiger partial charge in [-0.25, -0.2) is 15.0 Å². The van der Waals surface area contributed by atoms with Crippen molar-refractivity contribution in [3.05, 3.63) is 54.9 Å². The van der Waals surface area contributed by atoms with Gasteiger partial charge in [-0.15, -0.1) is 0 Å². The van der Waals surface area contributed by atoms with Gasteiger partial charge >= 0.3 is 0 Å². The minimum atomic E-state index is 0.564. The number of imidazole rings is 1. The molecule has 0 radical (unpaired) electrons. The molecular weight excluding hydrogens is 382 g/mol. The van der Waals surface area contributed by atoms with Gasteiger partial charge in [0.2, 0.25) is 5.75 Å². The van der Waals surface area contributed by atoms with E-state index in [-0.39, 0.29) is 0 Å². The average molecular weight is 405 g/mol. The number of benzene rings is 2. The molecule has 0 atom stereocenters. The van der Waals surface area contributed by atoms with Crippen molar-refractivity contribution in [2.45, 2.75) is 6.42 Å². The van der Waals surface area contributed by atoms with Crippen LogP contribution in [0.5, 0.6) is 17.2 Å². The van der Waals surface area contributed by atoms with Gasteiger partial charge in [0.25, 0.3) is 0 Å². The third-order valence-corrected chi connectivity index (χ3v) is 4.88. The number of aromatic nitrogens is 4. The van der Waals surface area contributed by atoms with E-state index in [1.54, 1.807) is 34.0 Å². The number of aromatic amines is 1. The van der Waals surface area contributed by atoms with Gasteiger partial charge in [-0.3, -0.25) is 0 Å². The molecule has 2 heterocycles. The summed E-state index contributed by atoms with van der Waals surface area (Å²) >= 11 is 0. The van der Waals surface area contributed by atoms with Crippen molar-refractivity contribution in [2.75, 3.05) is 33.2 Å². The molecule has 0 aliphatic rings. The second kappa shape index (κ2) is 8.69. The molecule has 30 heavy (non-hydrogen) atoms. The van der Waals surface area contributed by atoms with Crippen LogP contribution in [-0.4, -0.2) is 47.8 Å². The Balaban J connectivity index is 1.69. The van der Waals surface area contributed by atoms with E-state index < -0.39 is 0 Å². The second-order valence-electron chi connectivity index (χ2n) is 6.62. The number of H-pyrrole nitrogens is 1. The van der Waals surface area contributed by atoms with Gasteiger partial charge in [0.05, 0.1) is 33.2 Å². The summed E-state index contributed by atoms with van der Waals surface area (Å²) in [6.45, 7) is 0.725. The lowest BCUT2D eigenvalue weighted by Crippen LogP contribution is -2.07. The molecule has 4 rings (SSSR count). The summed E-state index contributed by atoms with van der Waals surface area (Å²) in [7, 11) is 4.81. The van der Waals surface area contributed by atoms with Gasteiger partial charge in [-0.05, 0) is 35.4 Å². The van der Waals surface area contributed by atoms with Crippen molar-refractivity contribution in [1.82, 2.24) is 19.9 Å². The summed E-state index contributed by atoms with van der Waals surface area (Å²) in [6, 6.07) is 9.92. The molecule has 0 unspecified atom stereocenters. The highest BCUT2D eigenvalue weighted by atomic mass is 16.5. The Kier molecular flexibility index (Phi) is 5.65. The van der Waals surface area contributed by atoms with Gasteiger partial charge in [0.15, 0.2) is 11.5 Å². The average Bonchev–Trinajstić information content (AvgIpc) is 3.31. The predicted molar refractivity (Wildman–Crippen MR) is 115 cm³/mol. The van der Waals surface area contributed by atoms with Gasteiger partial charge in [0.1, 0.15) is 12.1 Å². The van der Waals surface area contributed by atoms with Crippen LogP contribution in [0.25, 0.3) is 22.0 Å². The fraction of sp³-hybridized carbons (Fsp3) is 0.227. The van der Waals surface area contributed by atoms with Gasteiger partial charge in [0, 0.05) is 30.2 Å². The smallest absolute Gasteiger partial charge is 0.203 e. The molecule has 0 saturated heterocycles. The minimum absolute atomic E-state index is 0.564. The SMILES string of the molecule is COc1cc(-c2ccc3ncnc(NCCc4cnc[nH]4)c3c2)cc(OC)c1OC. The van der Waals surface area contributed by atoms with Crippen molar-refractivity contribution < 1.29 is 14.2 Å². The lowest BCUT2D eigenvalue weighted by Gasteiger charge is -2.15. The molecule has 0 saturated carbocycles. The number of rotatable bonds is 8. The zero-order valence-corrected chi connectivity index (χ0v) is 17.1. The standard InChI is InChI=1S/C22H23N5O3/c1-28-19-9-15(10-20(29-2)21(19)30-3)14-4-5-18-17(8-14)22(27-13-26-18)24-7-6-16-11-23-12-25-16/h4-5,8-13H,6-7H2,1-3H3,(H,23,25)(H,24,26,27). The zero-order valence-electron chi connectivity index (χ0n) is 17.1. The fourth-order valence-electron chi connectivity index (χ4n) is 3.36. The van der Waals surface area contributed by atoms with Crippen LogP contribution in [0.4, 0.5) is 5.82 Å². The van der Waals surface area contributed by atoms with E-state index in [0.29, 0.717) is 17.2 Å². The van der Waals surface area contributed by atoms with Crippen molar-refractivity contribution >= 4 is 16.7 Å². The highest BCUT2D eigenvalue weighted by molar-refractivity contribution is 5.92. The number of ether oxygens (including phenoxy) is 3. The van der Waals surface area contributed by atoms with Crippen LogP contribution in [0.2, 0.25) is 0 Å². The third-order valence-electron chi connectivity index (χ3n) is 4.88. The number of anilines is 1. The third kappa shape index (κ3) is 3.84. The number of methoxy groups -OCH3 is 3. The van der Waals surface area contributed by atoms with Gasteiger partial charge < -0.3 is 24.5 Å². The number of fused-ring (bicyclic) bond motifs is 1. The Bertz CT molecular complexity index is 1120. The van der Waals surface area contributed by atoms with Crippen LogP contribution in [0.1, 0.15) is 5.69 Å². The molecule has 0 spiro atoms. The molecular formula is C22H23N5O3. The first kappa shape index (κ1) is 19.5. The summed E-state index contributed by atoms with van der Waals surface area (Å²) in [4.78, 5) is 16.0. The van der Waals surface area contributed by atoms with Crippen molar-refractivity contribution in [2.24, 2.45) is 0 Å². The molecule has 0 amide bonds. The van der Waals surface area contributed by atoms with E-state index in [1.807, 2.05) is 30.5 Å². The van der Waals surface area contributed by atoms with Crippen LogP contribution in [0, 0.1) is 0 Å². The summed E-state index contributed by atoms with van der Waals surface area (Å²) in [6.07, 6.45) is 5.89. The summed E-state index contributed by atoms with van der Waals surface area (Å²) in [5, 5.41) is 4.34. The molecule has 4 aromatic rings. The van der Waals surface area contributed by atoms with Gasteiger partial charge in [-0.1, -0.05) is 6.07 Å². The number of hydrogen-bond acceptors (Lipinski definition) is 7. The predicted octanol–water partition coefficient (Wildman–Crippen LogP) is 3.70. The molecule has 2 N–H and O–H groups in total. The summed E-state index contributed by atoms with van der Waals surface area (Å²) in [5.41, 5.74) is 3.87. The second-order valence-corrected chi connectivity index (χ2v) is 6.62. The normalized spacial score (nSPS) is 10.8. The molecule has 2 aromatic carbocycles. The van der Waals surface area contributed by atoms with Crippen LogP contribution in [0.15, 0.2) is 49.2 Å². The molecule has 0 aliphatic heterocycles.